The number of benzene rings is 2. The van der Waals surface area contributed by atoms with Gasteiger partial charge in [0.05, 0.1) is 5.41 Å². The lowest BCUT2D eigenvalue weighted by atomic mass is 9.87. The average Bonchev–Trinajstić information content (AvgIpc) is 3.38. The molecule has 144 valence electrons. The number of nitrogens with two attached hydrogens (primary N) is 1. The maximum absolute atomic E-state index is 13.9. The van der Waals surface area contributed by atoms with Crippen molar-refractivity contribution in [3.05, 3.63) is 59.2 Å². The van der Waals surface area contributed by atoms with Gasteiger partial charge in [-0.3, -0.25) is 4.79 Å². The molecule has 0 radical (unpaired) electrons. The number of rotatable bonds is 5. The van der Waals surface area contributed by atoms with Gasteiger partial charge in [-0.25, -0.2) is 0 Å². The Hall–Kier alpha value is -2.64. The minimum Gasteiger partial charge on any atom is -0.457 e. The summed E-state index contributed by atoms with van der Waals surface area (Å²) >= 11 is 0. The van der Waals surface area contributed by atoms with Gasteiger partial charge in [0.25, 0.3) is 0 Å². The molecule has 0 bridgehead atoms. The topological polar surface area (TPSA) is 52.3 Å². The van der Waals surface area contributed by atoms with Crippen molar-refractivity contribution in [1.29, 1.82) is 0 Å². The molecule has 0 aliphatic heterocycles. The van der Waals surface area contributed by atoms with Crippen LogP contribution >= 0.6 is 0 Å². The highest BCUT2D eigenvalue weighted by Crippen LogP contribution is 2.63. The summed E-state index contributed by atoms with van der Waals surface area (Å²) < 4.78 is 71.9. The van der Waals surface area contributed by atoms with E-state index in [1.807, 2.05) is 0 Å². The molecule has 1 aliphatic carbocycles. The predicted molar refractivity (Wildman–Crippen MR) is 88.1 cm³/mol. The Bertz CT molecular complexity index is 871. The SMILES string of the molecule is Cc1cc(C2(C(F)(F)C(F)(F)F)CC2)ccc1Oc1ccc(C(N)=O)cc1. The number of halogens is 5. The number of primary amides is 1. The summed E-state index contributed by atoms with van der Waals surface area (Å²) in [7, 11) is 0. The highest BCUT2D eigenvalue weighted by atomic mass is 19.4. The first-order valence-corrected chi connectivity index (χ1v) is 8.11. The first kappa shape index (κ1) is 19.1. The van der Waals surface area contributed by atoms with Crippen LogP contribution in [0, 0.1) is 6.92 Å². The molecule has 3 nitrogen and oxygen atoms in total. The van der Waals surface area contributed by atoms with Crippen molar-refractivity contribution < 1.29 is 31.5 Å². The summed E-state index contributed by atoms with van der Waals surface area (Å²) in [6.45, 7) is 1.57. The lowest BCUT2D eigenvalue weighted by molar-refractivity contribution is -0.296. The summed E-state index contributed by atoms with van der Waals surface area (Å²) in [4.78, 5) is 11.1. The van der Waals surface area contributed by atoms with Crippen LogP contribution in [0.1, 0.15) is 34.3 Å². The molecule has 0 spiro atoms. The van der Waals surface area contributed by atoms with Crippen molar-refractivity contribution in [2.75, 3.05) is 0 Å². The Kier molecular flexibility index (Phi) is 4.40. The van der Waals surface area contributed by atoms with Crippen molar-refractivity contribution in [3.63, 3.8) is 0 Å². The van der Waals surface area contributed by atoms with Crippen molar-refractivity contribution in [2.45, 2.75) is 37.3 Å². The Morgan fingerprint density at radius 2 is 1.63 bits per heavy atom. The van der Waals surface area contributed by atoms with E-state index in [0.29, 0.717) is 22.6 Å². The van der Waals surface area contributed by atoms with E-state index in [9.17, 15) is 26.7 Å². The van der Waals surface area contributed by atoms with Crippen LogP contribution in [0.5, 0.6) is 11.5 Å². The number of carbonyl (C=O) groups is 1. The van der Waals surface area contributed by atoms with E-state index < -0.39 is 23.4 Å². The lowest BCUT2D eigenvalue weighted by Gasteiger charge is -2.29. The number of carbonyl (C=O) groups excluding carboxylic acids is 1. The molecule has 0 aromatic heterocycles. The molecule has 0 heterocycles. The number of amides is 1. The quantitative estimate of drug-likeness (QED) is 0.727. The normalized spacial score (nSPS) is 16.1. The van der Waals surface area contributed by atoms with Crippen LogP contribution in [0.15, 0.2) is 42.5 Å². The van der Waals surface area contributed by atoms with Crippen LogP contribution < -0.4 is 10.5 Å². The van der Waals surface area contributed by atoms with E-state index in [0.717, 1.165) is 0 Å². The molecular formula is C19H16F5NO2. The molecular weight excluding hydrogens is 369 g/mol. The van der Waals surface area contributed by atoms with Gasteiger partial charge in [0.2, 0.25) is 5.91 Å². The second-order valence-corrected chi connectivity index (χ2v) is 6.63. The summed E-state index contributed by atoms with van der Waals surface area (Å²) in [5, 5.41) is 0. The minimum atomic E-state index is -5.60. The Morgan fingerprint density at radius 3 is 2.07 bits per heavy atom. The van der Waals surface area contributed by atoms with Crippen molar-refractivity contribution in [1.82, 2.24) is 0 Å². The van der Waals surface area contributed by atoms with Crippen LogP contribution in [0.3, 0.4) is 0 Å². The van der Waals surface area contributed by atoms with Gasteiger partial charge in [0.1, 0.15) is 11.5 Å². The number of ether oxygens (including phenoxy) is 1. The van der Waals surface area contributed by atoms with E-state index in [1.165, 1.54) is 42.5 Å². The summed E-state index contributed by atoms with van der Waals surface area (Å²) in [6.07, 6.45) is -6.06. The Balaban J connectivity index is 1.85. The van der Waals surface area contributed by atoms with E-state index in [-0.39, 0.29) is 18.4 Å². The van der Waals surface area contributed by atoms with Crippen molar-refractivity contribution in [2.24, 2.45) is 5.73 Å². The minimum absolute atomic E-state index is 0.0567. The van der Waals surface area contributed by atoms with Gasteiger partial charge < -0.3 is 10.5 Å². The van der Waals surface area contributed by atoms with Crippen LogP contribution in [-0.2, 0) is 5.41 Å². The molecule has 0 atom stereocenters. The standard InChI is InChI=1S/C19H16F5NO2/c1-11-10-13(17(8-9-17)18(20,21)19(22,23)24)4-7-15(11)27-14-5-2-12(3-6-14)16(25)26/h2-7,10H,8-9H2,1H3,(H2,25,26). The van der Waals surface area contributed by atoms with E-state index >= 15 is 0 Å². The van der Waals surface area contributed by atoms with Crippen molar-refractivity contribution in [3.8, 4) is 11.5 Å². The molecule has 8 heteroatoms. The molecule has 1 amide bonds. The highest BCUT2D eigenvalue weighted by Gasteiger charge is 2.75. The van der Waals surface area contributed by atoms with Gasteiger partial charge in [-0.1, -0.05) is 12.1 Å². The zero-order chi connectivity index (χ0) is 20.0. The predicted octanol–water partition coefficient (Wildman–Crippen LogP) is 5.12. The van der Waals surface area contributed by atoms with Gasteiger partial charge in [-0.05, 0) is 61.2 Å². The monoisotopic (exact) mass is 385 g/mol. The number of hydrogen-bond donors (Lipinski definition) is 1. The molecule has 0 saturated heterocycles. The smallest absolute Gasteiger partial charge is 0.454 e. The van der Waals surface area contributed by atoms with Gasteiger partial charge in [0.15, 0.2) is 0 Å². The van der Waals surface area contributed by atoms with Crippen LogP contribution in [0.4, 0.5) is 22.0 Å². The first-order valence-electron chi connectivity index (χ1n) is 8.11. The highest BCUT2D eigenvalue weighted by molar-refractivity contribution is 5.92. The van der Waals surface area contributed by atoms with E-state index in [1.54, 1.807) is 6.92 Å². The Morgan fingerprint density at radius 1 is 1.04 bits per heavy atom. The van der Waals surface area contributed by atoms with Crippen LogP contribution in [0.25, 0.3) is 0 Å². The zero-order valence-corrected chi connectivity index (χ0v) is 14.2. The maximum atomic E-state index is 13.9. The van der Waals surface area contributed by atoms with Gasteiger partial charge in [-0.15, -0.1) is 0 Å². The van der Waals surface area contributed by atoms with Gasteiger partial charge in [0, 0.05) is 5.56 Å². The molecule has 1 fully saturated rings. The molecule has 3 rings (SSSR count). The van der Waals surface area contributed by atoms with Gasteiger partial charge >= 0.3 is 12.1 Å². The fraction of sp³-hybridized carbons (Fsp3) is 0.316. The molecule has 27 heavy (non-hydrogen) atoms. The first-order chi connectivity index (χ1) is 12.5. The molecule has 2 aromatic carbocycles. The summed E-state index contributed by atoms with van der Waals surface area (Å²) in [6, 6.07) is 9.86. The third-order valence-electron chi connectivity index (χ3n) is 4.80. The van der Waals surface area contributed by atoms with Crippen LogP contribution in [-0.4, -0.2) is 18.0 Å². The molecule has 1 saturated carbocycles. The van der Waals surface area contributed by atoms with Crippen LogP contribution in [0.2, 0.25) is 0 Å². The zero-order valence-electron chi connectivity index (χ0n) is 14.2. The second-order valence-electron chi connectivity index (χ2n) is 6.63. The largest absolute Gasteiger partial charge is 0.457 e. The number of aryl methyl sites for hydroxylation is 1. The fourth-order valence-corrected chi connectivity index (χ4v) is 3.06. The molecule has 2 N–H and O–H groups in total. The summed E-state index contributed by atoms with van der Waals surface area (Å²) in [5.74, 6) is -4.70. The maximum Gasteiger partial charge on any atom is 0.454 e. The van der Waals surface area contributed by atoms with Gasteiger partial charge in [-0.2, -0.15) is 22.0 Å². The van der Waals surface area contributed by atoms with E-state index in [2.05, 4.69) is 0 Å². The summed E-state index contributed by atoms with van der Waals surface area (Å²) in [5.41, 5.74) is 3.60. The molecule has 1 aliphatic rings. The van der Waals surface area contributed by atoms with E-state index in [4.69, 9.17) is 10.5 Å². The second kappa shape index (κ2) is 6.21. The number of alkyl halides is 5. The molecule has 2 aromatic rings. The third-order valence-corrected chi connectivity index (χ3v) is 4.80. The fourth-order valence-electron chi connectivity index (χ4n) is 3.06. The Labute approximate surface area is 151 Å². The average molecular weight is 385 g/mol. The molecule has 0 unspecified atom stereocenters. The lowest BCUT2D eigenvalue weighted by Crippen LogP contribution is -2.47. The number of hydrogen-bond acceptors (Lipinski definition) is 2. The third kappa shape index (κ3) is 3.24. The van der Waals surface area contributed by atoms with Crippen molar-refractivity contribution >= 4 is 5.91 Å².